The van der Waals surface area contributed by atoms with Crippen LogP contribution in [-0.4, -0.2) is 45.4 Å². The third kappa shape index (κ3) is 5.60. The summed E-state index contributed by atoms with van der Waals surface area (Å²) < 4.78 is 15.0. The number of hydrogen-bond acceptors (Lipinski definition) is 4. The summed E-state index contributed by atoms with van der Waals surface area (Å²) >= 11 is 31.8. The van der Waals surface area contributed by atoms with Gasteiger partial charge in [-0.05, 0) is 113 Å². The van der Waals surface area contributed by atoms with Crippen molar-refractivity contribution in [2.45, 2.75) is 12.5 Å². The molecule has 3 aromatic carbocycles. The summed E-state index contributed by atoms with van der Waals surface area (Å²) in [5, 5.41) is 1.53. The summed E-state index contributed by atoms with van der Waals surface area (Å²) in [6.45, 7) is 0. The van der Waals surface area contributed by atoms with E-state index in [4.69, 9.17) is 34.8 Å². The first-order chi connectivity index (χ1) is 18.4. The highest BCUT2D eigenvalue weighted by molar-refractivity contribution is 9.15. The third-order valence-corrected chi connectivity index (χ3v) is 11.3. The molecular formula is C25H12Br4Cl3FN2O4. The van der Waals surface area contributed by atoms with Gasteiger partial charge in [0, 0.05) is 34.4 Å². The standard InChI is InChI=1S/C25H12Br4Cl3FN2O4/c26-18-16-17(19(27)21(29)20(18)28)25(39)35(24(16)38)34(23(37)13-6-3-11(31)9-14(13)32)15(7-8-30)22(36)10-1-4-12(33)5-2-10/h1-6,9,15H,7-8H2/t15-/m0/s1. The number of ketones is 1. The van der Waals surface area contributed by atoms with E-state index < -0.39 is 35.4 Å². The highest BCUT2D eigenvalue weighted by Crippen LogP contribution is 2.46. The molecule has 0 N–H and O–H groups in total. The first kappa shape index (κ1) is 30.6. The molecule has 1 heterocycles. The van der Waals surface area contributed by atoms with E-state index in [1.807, 2.05) is 0 Å². The van der Waals surface area contributed by atoms with E-state index in [1.165, 1.54) is 30.3 Å². The number of carbonyl (C=O) groups is 4. The normalized spacial score (nSPS) is 13.5. The fraction of sp³-hybridized carbons (Fsp3) is 0.120. The Labute approximate surface area is 270 Å². The molecule has 3 amide bonds. The van der Waals surface area contributed by atoms with Crippen LogP contribution in [0.4, 0.5) is 4.39 Å². The molecule has 39 heavy (non-hydrogen) atoms. The van der Waals surface area contributed by atoms with Crippen molar-refractivity contribution >= 4 is 122 Å². The SMILES string of the molecule is O=C(c1ccc(F)cc1)[C@H](CCCl)N(C(=O)c1ccc(Cl)cc1Cl)N1C(=O)c2c(Br)c(Br)c(Br)c(Br)c2C1=O. The van der Waals surface area contributed by atoms with E-state index in [1.54, 1.807) is 0 Å². The molecule has 0 fully saturated rings. The van der Waals surface area contributed by atoms with Crippen molar-refractivity contribution in [2.24, 2.45) is 0 Å². The van der Waals surface area contributed by atoms with Crippen molar-refractivity contribution in [3.05, 3.63) is 98.5 Å². The number of halogens is 8. The maximum atomic E-state index is 14.1. The Hall–Kier alpha value is -1.34. The Morgan fingerprint density at radius 2 is 1.41 bits per heavy atom. The Bertz CT molecular complexity index is 1510. The number of imide groups is 1. The smallest absolute Gasteiger partial charge is 0.282 e. The quantitative estimate of drug-likeness (QED) is 0.0785. The lowest BCUT2D eigenvalue weighted by atomic mass is 10.0. The number of amides is 3. The average molecular weight is 849 g/mol. The maximum Gasteiger partial charge on any atom is 0.282 e. The van der Waals surface area contributed by atoms with Crippen LogP contribution in [-0.2, 0) is 0 Å². The molecule has 0 aromatic heterocycles. The summed E-state index contributed by atoms with van der Waals surface area (Å²) in [4.78, 5) is 55.5. The van der Waals surface area contributed by atoms with Gasteiger partial charge in [0.15, 0.2) is 5.78 Å². The van der Waals surface area contributed by atoms with Crippen LogP contribution >= 0.6 is 98.5 Å². The molecular weight excluding hydrogens is 837 g/mol. The highest BCUT2D eigenvalue weighted by Gasteiger charge is 2.49. The van der Waals surface area contributed by atoms with Gasteiger partial charge in [0.25, 0.3) is 17.7 Å². The van der Waals surface area contributed by atoms with E-state index in [0.717, 1.165) is 17.1 Å². The lowest BCUT2D eigenvalue weighted by Gasteiger charge is -2.36. The molecule has 0 saturated carbocycles. The Morgan fingerprint density at radius 3 is 1.90 bits per heavy atom. The van der Waals surface area contributed by atoms with Gasteiger partial charge < -0.3 is 0 Å². The molecule has 6 nitrogen and oxygen atoms in total. The number of rotatable bonds is 7. The topological polar surface area (TPSA) is 74.8 Å². The van der Waals surface area contributed by atoms with Gasteiger partial charge in [-0.3, -0.25) is 19.2 Å². The Kier molecular flexibility index (Phi) is 9.63. The molecule has 0 unspecified atom stereocenters. The number of carbonyl (C=O) groups excluding carboxylic acids is 4. The number of hydrogen-bond donors (Lipinski definition) is 0. The second-order valence-corrected chi connectivity index (χ2v) is 12.5. The predicted octanol–water partition coefficient (Wildman–Crippen LogP) is 8.72. The second-order valence-electron chi connectivity index (χ2n) is 8.07. The van der Waals surface area contributed by atoms with Gasteiger partial charge >= 0.3 is 0 Å². The number of alkyl halides is 1. The van der Waals surface area contributed by atoms with Crippen LogP contribution in [0.3, 0.4) is 0 Å². The van der Waals surface area contributed by atoms with E-state index >= 15 is 0 Å². The largest absolute Gasteiger partial charge is 0.292 e. The second kappa shape index (κ2) is 12.3. The zero-order chi connectivity index (χ0) is 28.8. The molecule has 0 aliphatic carbocycles. The molecule has 14 heteroatoms. The van der Waals surface area contributed by atoms with Crippen molar-refractivity contribution in [3.63, 3.8) is 0 Å². The van der Waals surface area contributed by atoms with Crippen LogP contribution in [0.15, 0.2) is 60.4 Å². The van der Waals surface area contributed by atoms with Gasteiger partial charge in [0.05, 0.1) is 21.7 Å². The van der Waals surface area contributed by atoms with Crippen molar-refractivity contribution in [2.75, 3.05) is 5.88 Å². The van der Waals surface area contributed by atoms with E-state index in [-0.39, 0.29) is 53.5 Å². The van der Waals surface area contributed by atoms with Gasteiger partial charge in [0.1, 0.15) is 11.9 Å². The minimum atomic E-state index is -1.45. The Balaban J connectivity index is 1.94. The van der Waals surface area contributed by atoms with Gasteiger partial charge in [-0.1, -0.05) is 23.2 Å². The monoisotopic (exact) mass is 844 g/mol. The summed E-state index contributed by atoms with van der Waals surface area (Å²) in [7, 11) is 0. The Morgan fingerprint density at radius 1 is 0.872 bits per heavy atom. The molecule has 0 radical (unpaired) electrons. The van der Waals surface area contributed by atoms with Crippen LogP contribution in [0, 0.1) is 5.82 Å². The van der Waals surface area contributed by atoms with Crippen LogP contribution in [0.25, 0.3) is 0 Å². The fourth-order valence-corrected chi connectivity index (χ4v) is 7.12. The molecule has 202 valence electrons. The van der Waals surface area contributed by atoms with Crippen molar-refractivity contribution in [1.82, 2.24) is 10.0 Å². The predicted molar refractivity (Wildman–Crippen MR) is 160 cm³/mol. The van der Waals surface area contributed by atoms with Gasteiger partial charge in [-0.2, -0.15) is 5.01 Å². The molecule has 0 spiro atoms. The van der Waals surface area contributed by atoms with Crippen LogP contribution < -0.4 is 0 Å². The molecule has 3 aromatic rings. The number of fused-ring (bicyclic) bond motifs is 1. The lowest BCUT2D eigenvalue weighted by Crippen LogP contribution is -2.57. The molecule has 0 saturated heterocycles. The zero-order valence-electron chi connectivity index (χ0n) is 19.1. The maximum absolute atomic E-state index is 14.1. The number of Topliss-reactive ketones (excluding diaryl/α,β-unsaturated/α-hetero) is 1. The van der Waals surface area contributed by atoms with Crippen molar-refractivity contribution < 1.29 is 23.6 Å². The average Bonchev–Trinajstić information content (AvgIpc) is 3.15. The molecule has 0 bridgehead atoms. The summed E-state index contributed by atoms with van der Waals surface area (Å²) in [5.41, 5.74) is -0.165. The third-order valence-electron chi connectivity index (χ3n) is 5.77. The molecule has 1 aliphatic heterocycles. The number of nitrogens with zero attached hydrogens (tertiary/aromatic N) is 2. The fourth-order valence-electron chi connectivity index (χ4n) is 3.97. The van der Waals surface area contributed by atoms with E-state index in [9.17, 15) is 23.6 Å². The van der Waals surface area contributed by atoms with Crippen LogP contribution in [0.5, 0.6) is 0 Å². The minimum absolute atomic E-state index is 0.0379. The summed E-state index contributed by atoms with van der Waals surface area (Å²) in [5.74, 6) is -4.05. The van der Waals surface area contributed by atoms with E-state index in [0.29, 0.717) is 14.0 Å². The molecule has 4 rings (SSSR count). The highest BCUT2D eigenvalue weighted by atomic mass is 79.9. The molecule has 1 atom stereocenters. The zero-order valence-corrected chi connectivity index (χ0v) is 27.7. The van der Waals surface area contributed by atoms with Gasteiger partial charge in [-0.25, -0.2) is 9.40 Å². The van der Waals surface area contributed by atoms with Crippen molar-refractivity contribution in [3.8, 4) is 0 Å². The first-order valence-corrected chi connectivity index (χ1v) is 15.3. The number of hydrazine groups is 1. The van der Waals surface area contributed by atoms with Crippen molar-refractivity contribution in [1.29, 1.82) is 0 Å². The molecule has 1 aliphatic rings. The van der Waals surface area contributed by atoms with Crippen LogP contribution in [0.1, 0.15) is 47.9 Å². The number of benzene rings is 3. The summed E-state index contributed by atoms with van der Waals surface area (Å²) in [6.07, 6.45) is -0.155. The first-order valence-electron chi connectivity index (χ1n) is 10.8. The summed E-state index contributed by atoms with van der Waals surface area (Å²) in [6, 6.07) is 7.23. The van der Waals surface area contributed by atoms with Gasteiger partial charge in [-0.15, -0.1) is 11.6 Å². The van der Waals surface area contributed by atoms with Crippen LogP contribution in [0.2, 0.25) is 10.0 Å². The lowest BCUT2D eigenvalue weighted by molar-refractivity contribution is -0.00964. The van der Waals surface area contributed by atoms with E-state index in [2.05, 4.69) is 63.7 Å². The van der Waals surface area contributed by atoms with Gasteiger partial charge in [0.2, 0.25) is 0 Å². The minimum Gasteiger partial charge on any atom is -0.292 e.